The van der Waals surface area contributed by atoms with Crippen LogP contribution in [0.25, 0.3) is 0 Å². The highest BCUT2D eigenvalue weighted by atomic mass is 32.2. The van der Waals surface area contributed by atoms with E-state index in [4.69, 9.17) is 9.02 Å². The molecule has 0 fully saturated rings. The topological polar surface area (TPSA) is 65.0 Å². The molecule has 0 saturated carbocycles. The Bertz CT molecular complexity index is 700. The van der Waals surface area contributed by atoms with E-state index in [9.17, 15) is 8.42 Å². The Kier molecular flexibility index (Phi) is 4.47. The first-order valence-corrected chi connectivity index (χ1v) is 7.68. The fourth-order valence-electron chi connectivity index (χ4n) is 1.67. The Morgan fingerprint density at radius 1 is 1.24 bits per heavy atom. The lowest BCUT2D eigenvalue weighted by Crippen LogP contribution is -2.13. The summed E-state index contributed by atoms with van der Waals surface area (Å²) in [4.78, 5) is 0.0559. The summed E-state index contributed by atoms with van der Waals surface area (Å²) in [6.07, 6.45) is 5.08. The number of benzene rings is 1. The van der Waals surface area contributed by atoms with E-state index in [0.717, 1.165) is 5.56 Å². The number of hydrogen-bond acceptors (Lipinski definition) is 5. The number of methoxy groups -OCH3 is 1. The van der Waals surface area contributed by atoms with E-state index in [-0.39, 0.29) is 10.8 Å². The molecular formula is C15H16NO4S. The van der Waals surface area contributed by atoms with Gasteiger partial charge in [-0.1, -0.05) is 28.9 Å². The van der Waals surface area contributed by atoms with Gasteiger partial charge in [0.2, 0.25) is 0 Å². The number of allylic oxidation sites excluding steroid dienone is 3. The van der Waals surface area contributed by atoms with Crippen molar-refractivity contribution in [3.05, 3.63) is 60.7 Å². The van der Waals surface area contributed by atoms with Gasteiger partial charge in [0.1, 0.15) is 10.7 Å². The minimum Gasteiger partial charge on any atom is -0.497 e. The molecule has 1 atom stereocenters. The van der Waals surface area contributed by atoms with Gasteiger partial charge in [-0.25, -0.2) is 0 Å². The number of nitrogens with zero attached hydrogens (tertiary/aromatic N) is 1. The van der Waals surface area contributed by atoms with Gasteiger partial charge < -0.3 is 4.74 Å². The molecule has 1 aromatic rings. The standard InChI is InChI=1S/C15H16NO4S/c1-11-4-8-14(9-5-11)21(17,18)20-16-15-10-13(19-3)7-6-12(15)2/h4-10,12H,2H2,1,3H3/b16-15-. The monoisotopic (exact) mass is 306 g/mol. The maximum absolute atomic E-state index is 12.0. The van der Waals surface area contributed by atoms with E-state index in [2.05, 4.69) is 12.1 Å². The number of aryl methyl sites for hydroxylation is 1. The quantitative estimate of drug-likeness (QED) is 0.802. The molecule has 0 amide bonds. The van der Waals surface area contributed by atoms with Crippen molar-refractivity contribution in [2.24, 2.45) is 11.1 Å². The summed E-state index contributed by atoms with van der Waals surface area (Å²) in [6, 6.07) is 6.34. The van der Waals surface area contributed by atoms with Crippen molar-refractivity contribution in [2.75, 3.05) is 7.11 Å². The summed E-state index contributed by atoms with van der Waals surface area (Å²) in [5, 5.41) is 3.69. The lowest BCUT2D eigenvalue weighted by atomic mass is 10.0. The highest BCUT2D eigenvalue weighted by molar-refractivity contribution is 7.86. The number of hydrogen-bond donors (Lipinski definition) is 0. The van der Waals surface area contributed by atoms with Crippen LogP contribution >= 0.6 is 0 Å². The minimum absolute atomic E-state index is 0.0559. The van der Waals surface area contributed by atoms with Crippen LogP contribution in [0.2, 0.25) is 0 Å². The Labute approximate surface area is 124 Å². The molecule has 2 rings (SSSR count). The average molecular weight is 306 g/mol. The molecule has 0 N–H and O–H groups in total. The van der Waals surface area contributed by atoms with Gasteiger partial charge in [-0.2, -0.15) is 8.42 Å². The molecule has 0 spiro atoms. The third-order valence-electron chi connectivity index (χ3n) is 2.95. The smallest absolute Gasteiger partial charge is 0.358 e. The van der Waals surface area contributed by atoms with Gasteiger partial charge in [-0.05, 0) is 32.1 Å². The largest absolute Gasteiger partial charge is 0.497 e. The number of oxime groups is 1. The van der Waals surface area contributed by atoms with Crippen LogP contribution in [-0.4, -0.2) is 21.2 Å². The predicted octanol–water partition coefficient (Wildman–Crippen LogP) is 2.61. The Hall–Kier alpha value is -2.08. The molecule has 0 heterocycles. The summed E-state index contributed by atoms with van der Waals surface area (Å²) in [7, 11) is -2.42. The van der Waals surface area contributed by atoms with Crippen molar-refractivity contribution in [3.8, 4) is 0 Å². The SMILES string of the molecule is [CH2]C1C=CC(OC)=C/C1=N/OS(=O)(=O)c1ccc(C)cc1. The van der Waals surface area contributed by atoms with Crippen LogP contribution in [0.4, 0.5) is 0 Å². The minimum atomic E-state index is -3.93. The maximum Gasteiger partial charge on any atom is 0.358 e. The van der Waals surface area contributed by atoms with Crippen LogP contribution in [-0.2, 0) is 19.1 Å². The zero-order valence-electron chi connectivity index (χ0n) is 11.8. The second-order valence-electron chi connectivity index (χ2n) is 4.57. The van der Waals surface area contributed by atoms with Crippen molar-refractivity contribution in [2.45, 2.75) is 11.8 Å². The zero-order chi connectivity index (χ0) is 15.5. The molecule has 1 aromatic carbocycles. The summed E-state index contributed by atoms with van der Waals surface area (Å²) in [6.45, 7) is 5.71. The van der Waals surface area contributed by atoms with Gasteiger partial charge in [0.05, 0.1) is 12.8 Å². The molecule has 21 heavy (non-hydrogen) atoms. The van der Waals surface area contributed by atoms with Crippen molar-refractivity contribution >= 4 is 15.8 Å². The van der Waals surface area contributed by atoms with E-state index in [0.29, 0.717) is 11.5 Å². The van der Waals surface area contributed by atoms with Crippen molar-refractivity contribution in [3.63, 3.8) is 0 Å². The van der Waals surface area contributed by atoms with Gasteiger partial charge in [0, 0.05) is 12.0 Å². The van der Waals surface area contributed by atoms with Crippen LogP contribution in [0.1, 0.15) is 5.56 Å². The first-order chi connectivity index (χ1) is 9.92. The molecule has 1 aliphatic carbocycles. The van der Waals surface area contributed by atoms with E-state index in [1.807, 2.05) is 6.92 Å². The molecule has 111 valence electrons. The lowest BCUT2D eigenvalue weighted by molar-refractivity contribution is 0.305. The van der Waals surface area contributed by atoms with E-state index in [1.165, 1.54) is 19.2 Å². The summed E-state index contributed by atoms with van der Waals surface area (Å²) in [5.41, 5.74) is 1.34. The average Bonchev–Trinajstić information content (AvgIpc) is 2.47. The highest BCUT2D eigenvalue weighted by Gasteiger charge is 2.18. The molecule has 0 saturated heterocycles. The number of rotatable bonds is 4. The van der Waals surface area contributed by atoms with Gasteiger partial charge in [0.15, 0.2) is 0 Å². The predicted molar refractivity (Wildman–Crippen MR) is 80.0 cm³/mol. The first kappa shape index (κ1) is 15.3. The molecule has 5 nitrogen and oxygen atoms in total. The Morgan fingerprint density at radius 3 is 2.52 bits per heavy atom. The van der Waals surface area contributed by atoms with Crippen LogP contribution in [0.3, 0.4) is 0 Å². The van der Waals surface area contributed by atoms with Gasteiger partial charge in [-0.15, -0.1) is 0 Å². The Morgan fingerprint density at radius 2 is 1.90 bits per heavy atom. The molecule has 0 aliphatic heterocycles. The molecule has 1 unspecified atom stereocenters. The third kappa shape index (κ3) is 3.72. The van der Waals surface area contributed by atoms with Crippen LogP contribution in [0.5, 0.6) is 0 Å². The zero-order valence-corrected chi connectivity index (χ0v) is 12.6. The lowest BCUT2D eigenvalue weighted by Gasteiger charge is -2.13. The molecule has 1 radical (unpaired) electrons. The maximum atomic E-state index is 12.0. The van der Waals surface area contributed by atoms with Crippen molar-refractivity contribution < 1.29 is 17.4 Å². The fraction of sp³-hybridized carbons (Fsp3) is 0.200. The first-order valence-electron chi connectivity index (χ1n) is 6.27. The summed E-state index contributed by atoms with van der Waals surface area (Å²) in [5.74, 6) is 0.266. The molecule has 6 heteroatoms. The second-order valence-corrected chi connectivity index (χ2v) is 6.10. The third-order valence-corrected chi connectivity index (χ3v) is 4.07. The Balaban J connectivity index is 2.21. The van der Waals surface area contributed by atoms with Crippen LogP contribution in [0, 0.1) is 19.8 Å². The van der Waals surface area contributed by atoms with Crippen LogP contribution < -0.4 is 0 Å². The molecule has 1 aliphatic rings. The van der Waals surface area contributed by atoms with E-state index < -0.39 is 10.1 Å². The van der Waals surface area contributed by atoms with Gasteiger partial charge in [-0.3, -0.25) is 4.28 Å². The van der Waals surface area contributed by atoms with E-state index >= 15 is 0 Å². The molecular weight excluding hydrogens is 290 g/mol. The highest BCUT2D eigenvalue weighted by Crippen LogP contribution is 2.17. The van der Waals surface area contributed by atoms with Gasteiger partial charge >= 0.3 is 10.1 Å². The normalized spacial score (nSPS) is 20.2. The second kappa shape index (κ2) is 6.13. The molecule has 0 bridgehead atoms. The summed E-state index contributed by atoms with van der Waals surface area (Å²) < 4.78 is 33.9. The summed E-state index contributed by atoms with van der Waals surface area (Å²) >= 11 is 0. The molecule has 0 aromatic heterocycles. The van der Waals surface area contributed by atoms with Gasteiger partial charge in [0.25, 0.3) is 0 Å². The fourth-order valence-corrected chi connectivity index (χ4v) is 2.41. The van der Waals surface area contributed by atoms with Crippen molar-refractivity contribution in [1.82, 2.24) is 0 Å². The number of ether oxygens (including phenoxy) is 1. The van der Waals surface area contributed by atoms with Crippen LogP contribution in [0.15, 0.2) is 58.3 Å². The van der Waals surface area contributed by atoms with Crippen molar-refractivity contribution in [1.29, 1.82) is 0 Å². The van der Waals surface area contributed by atoms with E-state index in [1.54, 1.807) is 30.4 Å².